The third-order valence-electron chi connectivity index (χ3n) is 7.36. The molecule has 0 unspecified atom stereocenters. The molecular formula is C25H25N7O2. The van der Waals surface area contributed by atoms with Crippen molar-refractivity contribution in [3.63, 3.8) is 0 Å². The number of aromatic nitrogens is 5. The lowest BCUT2D eigenvalue weighted by atomic mass is 9.97. The Morgan fingerprint density at radius 3 is 2.91 bits per heavy atom. The van der Waals surface area contributed by atoms with Crippen LogP contribution in [0.3, 0.4) is 0 Å². The van der Waals surface area contributed by atoms with Crippen LogP contribution in [0.15, 0.2) is 39.8 Å². The van der Waals surface area contributed by atoms with Gasteiger partial charge < -0.3 is 19.6 Å². The molecule has 4 aromatic heterocycles. The van der Waals surface area contributed by atoms with Gasteiger partial charge in [-0.1, -0.05) is 6.07 Å². The average molecular weight is 456 g/mol. The molecule has 0 bridgehead atoms. The van der Waals surface area contributed by atoms with E-state index in [2.05, 4.69) is 50.2 Å². The van der Waals surface area contributed by atoms with Gasteiger partial charge in [-0.15, -0.1) is 0 Å². The SMILES string of the molecule is Cc1c(-c2cnc3[nH]ncc3c2)ccc2c3oc(N4CC[C@@H](CN)C4)nc3c(=O)n(C3CC3)c12. The van der Waals surface area contributed by atoms with E-state index in [0.29, 0.717) is 29.6 Å². The summed E-state index contributed by atoms with van der Waals surface area (Å²) >= 11 is 0. The maximum atomic E-state index is 13.7. The highest BCUT2D eigenvalue weighted by atomic mass is 16.4. The Bertz CT molecular complexity index is 1640. The molecule has 1 aliphatic carbocycles. The molecule has 34 heavy (non-hydrogen) atoms. The molecule has 172 valence electrons. The van der Waals surface area contributed by atoms with Gasteiger partial charge in [0.15, 0.2) is 16.7 Å². The molecule has 2 aliphatic rings. The number of fused-ring (bicyclic) bond motifs is 4. The molecule has 9 heteroatoms. The molecule has 0 amide bonds. The lowest BCUT2D eigenvalue weighted by Gasteiger charge is -2.15. The third-order valence-corrected chi connectivity index (χ3v) is 7.36. The fourth-order valence-corrected chi connectivity index (χ4v) is 5.36. The van der Waals surface area contributed by atoms with Crippen molar-refractivity contribution in [2.24, 2.45) is 11.7 Å². The summed E-state index contributed by atoms with van der Waals surface area (Å²) in [5, 5.41) is 8.86. The summed E-state index contributed by atoms with van der Waals surface area (Å²) in [7, 11) is 0. The number of hydrogen-bond acceptors (Lipinski definition) is 7. The molecule has 7 rings (SSSR count). The van der Waals surface area contributed by atoms with Crippen molar-refractivity contribution in [1.82, 2.24) is 24.7 Å². The molecule has 3 N–H and O–H groups in total. The zero-order valence-electron chi connectivity index (χ0n) is 18.9. The van der Waals surface area contributed by atoms with E-state index in [9.17, 15) is 4.79 Å². The summed E-state index contributed by atoms with van der Waals surface area (Å²) in [5.74, 6) is 0.431. The summed E-state index contributed by atoms with van der Waals surface area (Å²) in [5.41, 5.74) is 11.5. The minimum atomic E-state index is -0.0711. The average Bonchev–Trinajstić information content (AvgIpc) is 3.25. The number of aryl methyl sites for hydroxylation is 1. The molecule has 1 aromatic carbocycles. The maximum Gasteiger partial charge on any atom is 0.298 e. The summed E-state index contributed by atoms with van der Waals surface area (Å²) in [4.78, 5) is 25.0. The molecule has 1 saturated heterocycles. The quantitative estimate of drug-likeness (QED) is 0.426. The van der Waals surface area contributed by atoms with E-state index < -0.39 is 0 Å². The number of anilines is 1. The molecular weight excluding hydrogens is 430 g/mol. The molecule has 9 nitrogen and oxygen atoms in total. The van der Waals surface area contributed by atoms with Crippen LogP contribution in [0.25, 0.3) is 44.2 Å². The van der Waals surface area contributed by atoms with Gasteiger partial charge in [-0.05, 0) is 61.9 Å². The first-order valence-corrected chi connectivity index (χ1v) is 11.8. The monoisotopic (exact) mass is 455 g/mol. The standard InChI is InChI=1S/C25H25N7O2/c1-13-18(15-8-16-11-28-30-23(16)27-10-15)4-5-19-21(13)32(17-2-3-17)24(33)20-22(19)34-25(29-20)31-7-6-14(9-26)12-31/h4-5,8,10-11,14,17H,2-3,6-7,9,12,26H2,1H3,(H,27,28,30)/t14-/m0/s1. The number of pyridine rings is 2. The maximum absolute atomic E-state index is 13.7. The van der Waals surface area contributed by atoms with Crippen LogP contribution in [0.1, 0.15) is 30.9 Å². The highest BCUT2D eigenvalue weighted by Gasteiger charge is 2.32. The Labute approximate surface area is 194 Å². The number of H-pyrrole nitrogens is 1. The van der Waals surface area contributed by atoms with Gasteiger partial charge in [0.25, 0.3) is 11.6 Å². The number of benzene rings is 1. The van der Waals surface area contributed by atoms with Gasteiger partial charge in [-0.2, -0.15) is 10.1 Å². The van der Waals surface area contributed by atoms with Gasteiger partial charge in [0, 0.05) is 41.7 Å². The van der Waals surface area contributed by atoms with E-state index >= 15 is 0 Å². The summed E-state index contributed by atoms with van der Waals surface area (Å²) in [6, 6.07) is 6.95. The van der Waals surface area contributed by atoms with Gasteiger partial charge in [0.2, 0.25) is 0 Å². The van der Waals surface area contributed by atoms with Crippen LogP contribution in [0, 0.1) is 12.8 Å². The highest BCUT2D eigenvalue weighted by molar-refractivity contribution is 6.04. The van der Waals surface area contributed by atoms with Crippen molar-refractivity contribution in [3.05, 3.63) is 46.5 Å². The van der Waals surface area contributed by atoms with Gasteiger partial charge in [-0.25, -0.2) is 4.98 Å². The summed E-state index contributed by atoms with van der Waals surface area (Å²) in [6.07, 6.45) is 6.64. The molecule has 1 saturated carbocycles. The Hall–Kier alpha value is -3.72. The molecule has 1 atom stereocenters. The van der Waals surface area contributed by atoms with Gasteiger partial charge >= 0.3 is 0 Å². The van der Waals surface area contributed by atoms with Crippen LogP contribution >= 0.6 is 0 Å². The normalized spacial score (nSPS) is 18.6. The first kappa shape index (κ1) is 19.7. The number of nitrogens with one attached hydrogen (secondary N) is 1. The van der Waals surface area contributed by atoms with Gasteiger partial charge in [-0.3, -0.25) is 9.89 Å². The van der Waals surface area contributed by atoms with E-state index in [0.717, 1.165) is 71.0 Å². The minimum absolute atomic E-state index is 0.0711. The summed E-state index contributed by atoms with van der Waals surface area (Å²) < 4.78 is 8.22. The molecule has 5 heterocycles. The van der Waals surface area contributed by atoms with Crippen LogP contribution in [0.4, 0.5) is 6.01 Å². The minimum Gasteiger partial charge on any atom is -0.422 e. The van der Waals surface area contributed by atoms with Crippen molar-refractivity contribution in [2.45, 2.75) is 32.2 Å². The molecule has 0 spiro atoms. The highest BCUT2D eigenvalue weighted by Crippen LogP contribution is 2.41. The number of nitrogens with zero attached hydrogens (tertiary/aromatic N) is 5. The number of oxazole rings is 1. The van der Waals surface area contributed by atoms with E-state index in [1.54, 1.807) is 6.20 Å². The predicted octanol–water partition coefficient (Wildman–Crippen LogP) is 3.51. The Balaban J connectivity index is 1.46. The third kappa shape index (κ3) is 2.83. The summed E-state index contributed by atoms with van der Waals surface area (Å²) in [6.45, 7) is 4.38. The van der Waals surface area contributed by atoms with Crippen molar-refractivity contribution in [2.75, 3.05) is 24.5 Å². The first-order valence-electron chi connectivity index (χ1n) is 11.8. The molecule has 1 aliphatic heterocycles. The van der Waals surface area contributed by atoms with E-state index in [1.165, 1.54) is 0 Å². The lowest BCUT2D eigenvalue weighted by Crippen LogP contribution is -2.23. The van der Waals surface area contributed by atoms with Crippen LogP contribution in [-0.4, -0.2) is 44.4 Å². The first-order chi connectivity index (χ1) is 16.6. The van der Waals surface area contributed by atoms with Crippen molar-refractivity contribution in [3.8, 4) is 11.1 Å². The fourth-order valence-electron chi connectivity index (χ4n) is 5.36. The number of hydrogen-bond donors (Lipinski definition) is 2. The largest absolute Gasteiger partial charge is 0.422 e. The molecule has 5 aromatic rings. The zero-order chi connectivity index (χ0) is 23.0. The Morgan fingerprint density at radius 1 is 1.24 bits per heavy atom. The van der Waals surface area contributed by atoms with Crippen LogP contribution < -0.4 is 16.2 Å². The molecule has 0 radical (unpaired) electrons. The number of nitrogens with two attached hydrogens (primary N) is 1. The van der Waals surface area contributed by atoms with Crippen molar-refractivity contribution in [1.29, 1.82) is 0 Å². The van der Waals surface area contributed by atoms with Crippen molar-refractivity contribution < 1.29 is 4.42 Å². The number of aromatic amines is 1. The molecule has 2 fully saturated rings. The van der Waals surface area contributed by atoms with Crippen LogP contribution in [0.5, 0.6) is 0 Å². The second-order valence-electron chi connectivity index (χ2n) is 9.58. The van der Waals surface area contributed by atoms with E-state index in [-0.39, 0.29) is 11.6 Å². The van der Waals surface area contributed by atoms with Crippen LogP contribution in [-0.2, 0) is 0 Å². The van der Waals surface area contributed by atoms with Crippen LogP contribution in [0.2, 0.25) is 0 Å². The second-order valence-corrected chi connectivity index (χ2v) is 9.58. The van der Waals surface area contributed by atoms with Gasteiger partial charge in [0.1, 0.15) is 0 Å². The van der Waals surface area contributed by atoms with E-state index in [1.807, 2.05) is 10.8 Å². The lowest BCUT2D eigenvalue weighted by molar-refractivity contribution is 0.570. The topological polar surface area (TPSA) is 119 Å². The Kier molecular flexibility index (Phi) is 4.14. The van der Waals surface area contributed by atoms with Crippen molar-refractivity contribution >= 4 is 39.1 Å². The second kappa shape index (κ2) is 7.14. The fraction of sp³-hybridized carbons (Fsp3) is 0.360. The zero-order valence-corrected chi connectivity index (χ0v) is 18.9. The van der Waals surface area contributed by atoms with Gasteiger partial charge in [0.05, 0.1) is 11.7 Å². The van der Waals surface area contributed by atoms with E-state index in [4.69, 9.17) is 10.2 Å². The predicted molar refractivity (Wildman–Crippen MR) is 131 cm³/mol. The Morgan fingerprint density at radius 2 is 2.12 bits per heavy atom. The number of rotatable bonds is 4. The smallest absolute Gasteiger partial charge is 0.298 e.